The van der Waals surface area contributed by atoms with Gasteiger partial charge in [-0.2, -0.15) is 0 Å². The summed E-state index contributed by atoms with van der Waals surface area (Å²) in [5.41, 5.74) is 3.02. The number of thiazole rings is 1. The molecule has 0 aliphatic carbocycles. The van der Waals surface area contributed by atoms with Crippen molar-refractivity contribution >= 4 is 28.2 Å². The van der Waals surface area contributed by atoms with Crippen molar-refractivity contribution in [1.29, 1.82) is 0 Å². The molecule has 19 heavy (non-hydrogen) atoms. The van der Waals surface area contributed by atoms with Crippen LogP contribution in [0.2, 0.25) is 0 Å². The minimum absolute atomic E-state index is 0.108. The average Bonchev–Trinajstić information content (AvgIpc) is 2.77. The molecule has 0 saturated heterocycles. The number of Topliss-reactive ketones (excluding diaryl/α,β-unsaturated/α-hetero) is 1. The SMILES string of the molecule is CC(=O)c1csc(NC(=O)c2ccc(C)cc2C)n1. The highest BCUT2D eigenvalue weighted by Gasteiger charge is 2.12. The zero-order valence-electron chi connectivity index (χ0n) is 11.0. The van der Waals surface area contributed by atoms with Gasteiger partial charge >= 0.3 is 0 Å². The molecule has 2 rings (SSSR count). The topological polar surface area (TPSA) is 59.1 Å². The molecule has 2 aromatic rings. The van der Waals surface area contributed by atoms with Crippen LogP contribution in [0.3, 0.4) is 0 Å². The van der Waals surface area contributed by atoms with E-state index in [1.54, 1.807) is 11.4 Å². The Kier molecular flexibility index (Phi) is 3.76. The van der Waals surface area contributed by atoms with Crippen molar-refractivity contribution < 1.29 is 9.59 Å². The van der Waals surface area contributed by atoms with Gasteiger partial charge in [0.2, 0.25) is 0 Å². The second-order valence-electron chi connectivity index (χ2n) is 4.37. The summed E-state index contributed by atoms with van der Waals surface area (Å²) in [5.74, 6) is -0.315. The van der Waals surface area contributed by atoms with Crippen LogP contribution in [0.15, 0.2) is 23.6 Å². The molecule has 5 heteroatoms. The Balaban J connectivity index is 2.18. The molecule has 0 spiro atoms. The van der Waals surface area contributed by atoms with Gasteiger partial charge in [0, 0.05) is 17.9 Å². The lowest BCUT2D eigenvalue weighted by molar-refractivity contribution is 0.100. The van der Waals surface area contributed by atoms with Crippen LogP contribution in [0, 0.1) is 13.8 Å². The number of nitrogens with one attached hydrogen (secondary N) is 1. The van der Waals surface area contributed by atoms with E-state index in [2.05, 4.69) is 10.3 Å². The number of carbonyl (C=O) groups excluding carboxylic acids is 2. The Morgan fingerprint density at radius 3 is 2.58 bits per heavy atom. The molecule has 1 aromatic heterocycles. The molecule has 0 aliphatic heterocycles. The van der Waals surface area contributed by atoms with Gasteiger partial charge < -0.3 is 0 Å². The molecule has 0 bridgehead atoms. The number of nitrogens with zero attached hydrogens (tertiary/aromatic N) is 1. The van der Waals surface area contributed by atoms with Crippen LogP contribution in [-0.4, -0.2) is 16.7 Å². The minimum Gasteiger partial charge on any atom is -0.298 e. The van der Waals surface area contributed by atoms with Gasteiger partial charge in [-0.25, -0.2) is 4.98 Å². The molecule has 0 saturated carbocycles. The first kappa shape index (κ1) is 13.4. The van der Waals surface area contributed by atoms with E-state index < -0.39 is 0 Å². The first-order valence-corrected chi connectivity index (χ1v) is 6.70. The smallest absolute Gasteiger partial charge is 0.257 e. The largest absolute Gasteiger partial charge is 0.298 e. The number of anilines is 1. The van der Waals surface area contributed by atoms with Crippen LogP contribution >= 0.6 is 11.3 Å². The zero-order valence-corrected chi connectivity index (χ0v) is 11.8. The number of rotatable bonds is 3. The zero-order chi connectivity index (χ0) is 14.0. The maximum absolute atomic E-state index is 12.1. The van der Waals surface area contributed by atoms with Crippen molar-refractivity contribution in [2.75, 3.05) is 5.32 Å². The van der Waals surface area contributed by atoms with Gasteiger partial charge in [0.25, 0.3) is 5.91 Å². The predicted octanol–water partition coefficient (Wildman–Crippen LogP) is 3.21. The van der Waals surface area contributed by atoms with Crippen LogP contribution in [0.1, 0.15) is 38.9 Å². The van der Waals surface area contributed by atoms with E-state index in [0.29, 0.717) is 16.4 Å². The molecule has 0 atom stereocenters. The van der Waals surface area contributed by atoms with Crippen LogP contribution in [0.5, 0.6) is 0 Å². The summed E-state index contributed by atoms with van der Waals surface area (Å²) in [7, 11) is 0. The Hall–Kier alpha value is -2.01. The third-order valence-corrected chi connectivity index (χ3v) is 3.47. The molecule has 1 amide bonds. The van der Waals surface area contributed by atoms with Gasteiger partial charge in [0.05, 0.1) is 0 Å². The lowest BCUT2D eigenvalue weighted by Crippen LogP contribution is -2.13. The Morgan fingerprint density at radius 2 is 2.00 bits per heavy atom. The van der Waals surface area contributed by atoms with Crippen molar-refractivity contribution in [2.24, 2.45) is 0 Å². The van der Waals surface area contributed by atoms with Crippen LogP contribution < -0.4 is 5.32 Å². The van der Waals surface area contributed by atoms with Crippen LogP contribution in [0.4, 0.5) is 5.13 Å². The second-order valence-corrected chi connectivity index (χ2v) is 5.22. The number of carbonyl (C=O) groups is 2. The molecule has 98 valence electrons. The molecule has 1 heterocycles. The molecular weight excluding hydrogens is 260 g/mol. The fourth-order valence-electron chi connectivity index (χ4n) is 1.73. The summed E-state index contributed by atoms with van der Waals surface area (Å²) < 4.78 is 0. The molecule has 1 aromatic carbocycles. The van der Waals surface area contributed by atoms with E-state index in [9.17, 15) is 9.59 Å². The highest BCUT2D eigenvalue weighted by Crippen LogP contribution is 2.18. The molecule has 1 N–H and O–H groups in total. The quantitative estimate of drug-likeness (QED) is 0.874. The minimum atomic E-state index is -0.207. The maximum Gasteiger partial charge on any atom is 0.257 e. The van der Waals surface area contributed by atoms with Gasteiger partial charge in [-0.3, -0.25) is 14.9 Å². The van der Waals surface area contributed by atoms with Crippen molar-refractivity contribution in [3.63, 3.8) is 0 Å². The van der Waals surface area contributed by atoms with E-state index >= 15 is 0 Å². The molecule has 0 aliphatic rings. The molecule has 0 radical (unpaired) electrons. The van der Waals surface area contributed by atoms with Crippen LogP contribution in [-0.2, 0) is 0 Å². The van der Waals surface area contributed by atoms with Gasteiger partial charge in [0.1, 0.15) is 5.69 Å². The van der Waals surface area contributed by atoms with Crippen LogP contribution in [0.25, 0.3) is 0 Å². The lowest BCUT2D eigenvalue weighted by atomic mass is 10.1. The summed E-state index contributed by atoms with van der Waals surface area (Å²) in [6, 6.07) is 5.64. The number of ketones is 1. The van der Waals surface area contributed by atoms with E-state index in [-0.39, 0.29) is 11.7 Å². The predicted molar refractivity (Wildman–Crippen MR) is 76.0 cm³/mol. The molecule has 0 fully saturated rings. The summed E-state index contributed by atoms with van der Waals surface area (Å²) in [5, 5.41) is 4.79. The standard InChI is InChI=1S/C14H14N2O2S/c1-8-4-5-11(9(2)6-8)13(18)16-14-15-12(7-19-14)10(3)17/h4-7H,1-3H3,(H,15,16,18). The summed E-state index contributed by atoms with van der Waals surface area (Å²) >= 11 is 1.25. The highest BCUT2D eigenvalue weighted by molar-refractivity contribution is 7.14. The molecule has 0 unspecified atom stereocenters. The van der Waals surface area contributed by atoms with E-state index in [4.69, 9.17) is 0 Å². The maximum atomic E-state index is 12.1. The van der Waals surface area contributed by atoms with Crippen molar-refractivity contribution in [3.05, 3.63) is 46.0 Å². The fraction of sp³-hybridized carbons (Fsp3) is 0.214. The monoisotopic (exact) mass is 274 g/mol. The second kappa shape index (κ2) is 5.32. The Bertz CT molecular complexity index is 647. The number of amides is 1. The number of hydrogen-bond acceptors (Lipinski definition) is 4. The molecular formula is C14H14N2O2S. The van der Waals surface area contributed by atoms with Gasteiger partial charge in [-0.1, -0.05) is 17.7 Å². The van der Waals surface area contributed by atoms with Crippen molar-refractivity contribution in [1.82, 2.24) is 4.98 Å². The van der Waals surface area contributed by atoms with E-state index in [1.165, 1.54) is 18.3 Å². The molecule has 4 nitrogen and oxygen atoms in total. The van der Waals surface area contributed by atoms with Crippen molar-refractivity contribution in [2.45, 2.75) is 20.8 Å². The van der Waals surface area contributed by atoms with Gasteiger partial charge in [-0.15, -0.1) is 11.3 Å². The Labute approximate surface area is 115 Å². The van der Waals surface area contributed by atoms with Gasteiger partial charge in [-0.05, 0) is 25.5 Å². The van der Waals surface area contributed by atoms with E-state index in [0.717, 1.165) is 11.1 Å². The number of aryl methyl sites for hydroxylation is 2. The summed E-state index contributed by atoms with van der Waals surface area (Å²) in [6.45, 7) is 5.32. The number of hydrogen-bond donors (Lipinski definition) is 1. The number of benzene rings is 1. The summed E-state index contributed by atoms with van der Waals surface area (Å²) in [6.07, 6.45) is 0. The summed E-state index contributed by atoms with van der Waals surface area (Å²) in [4.78, 5) is 27.3. The van der Waals surface area contributed by atoms with Crippen molar-refractivity contribution in [3.8, 4) is 0 Å². The normalized spacial score (nSPS) is 10.3. The average molecular weight is 274 g/mol. The first-order valence-electron chi connectivity index (χ1n) is 5.82. The highest BCUT2D eigenvalue weighted by atomic mass is 32.1. The lowest BCUT2D eigenvalue weighted by Gasteiger charge is -2.06. The van der Waals surface area contributed by atoms with Gasteiger partial charge in [0.15, 0.2) is 10.9 Å². The number of aromatic nitrogens is 1. The first-order chi connectivity index (χ1) is 8.97. The van der Waals surface area contributed by atoms with E-state index in [1.807, 2.05) is 26.0 Å². The third-order valence-electron chi connectivity index (χ3n) is 2.71. The fourth-order valence-corrected chi connectivity index (χ4v) is 2.47. The Morgan fingerprint density at radius 1 is 1.26 bits per heavy atom. The third kappa shape index (κ3) is 3.06.